The standard InChI is InChI=1S/C13H11N3O3S/c1-8-2-3-10(11(14-8)12(17)18)19-7-9-6-16-4-5-20-13(16)15-9/h2-6H,7H2,1H3,(H,17,18). The molecular weight excluding hydrogens is 278 g/mol. The van der Waals surface area contributed by atoms with Crippen molar-refractivity contribution in [3.05, 3.63) is 47.0 Å². The Morgan fingerprint density at radius 2 is 2.30 bits per heavy atom. The van der Waals surface area contributed by atoms with Gasteiger partial charge in [-0.25, -0.2) is 14.8 Å². The first kappa shape index (κ1) is 12.6. The third-order valence-corrected chi connectivity index (χ3v) is 3.49. The van der Waals surface area contributed by atoms with Crippen LogP contribution in [-0.2, 0) is 6.61 Å². The molecule has 0 unspecified atom stereocenters. The molecule has 0 saturated carbocycles. The fourth-order valence-corrected chi connectivity index (χ4v) is 2.53. The molecule has 0 aliphatic heterocycles. The largest absolute Gasteiger partial charge is 0.485 e. The van der Waals surface area contributed by atoms with Crippen LogP contribution in [0.2, 0.25) is 0 Å². The summed E-state index contributed by atoms with van der Waals surface area (Å²) in [5, 5.41) is 11.1. The Bertz CT molecular complexity index is 750. The van der Waals surface area contributed by atoms with Gasteiger partial charge < -0.3 is 9.84 Å². The maximum Gasteiger partial charge on any atom is 0.358 e. The highest BCUT2D eigenvalue weighted by molar-refractivity contribution is 7.15. The second-order valence-corrected chi connectivity index (χ2v) is 5.09. The van der Waals surface area contributed by atoms with E-state index in [-0.39, 0.29) is 18.1 Å². The number of carboxylic acid groups (broad SMARTS) is 1. The number of imidazole rings is 1. The molecule has 20 heavy (non-hydrogen) atoms. The van der Waals surface area contributed by atoms with Crippen LogP contribution >= 0.6 is 11.3 Å². The molecule has 7 heteroatoms. The summed E-state index contributed by atoms with van der Waals surface area (Å²) in [5.41, 5.74) is 1.30. The smallest absolute Gasteiger partial charge is 0.358 e. The number of fused-ring (bicyclic) bond motifs is 1. The highest BCUT2D eigenvalue weighted by Gasteiger charge is 2.14. The van der Waals surface area contributed by atoms with Crippen LogP contribution in [-0.4, -0.2) is 25.4 Å². The first-order valence-corrected chi connectivity index (χ1v) is 6.76. The van der Waals surface area contributed by atoms with E-state index in [0.29, 0.717) is 5.69 Å². The van der Waals surface area contributed by atoms with Gasteiger partial charge in [-0.1, -0.05) is 0 Å². The minimum absolute atomic E-state index is 0.0778. The molecule has 6 nitrogen and oxygen atoms in total. The fourth-order valence-electron chi connectivity index (χ4n) is 1.81. The van der Waals surface area contributed by atoms with Crippen molar-refractivity contribution in [3.63, 3.8) is 0 Å². The Labute approximate surface area is 118 Å². The lowest BCUT2D eigenvalue weighted by molar-refractivity contribution is 0.0684. The van der Waals surface area contributed by atoms with Crippen molar-refractivity contribution in [1.29, 1.82) is 0 Å². The van der Waals surface area contributed by atoms with Gasteiger partial charge in [0.1, 0.15) is 6.61 Å². The number of carboxylic acids is 1. The Kier molecular flexibility index (Phi) is 3.11. The lowest BCUT2D eigenvalue weighted by Gasteiger charge is -2.07. The first-order valence-electron chi connectivity index (χ1n) is 5.88. The summed E-state index contributed by atoms with van der Waals surface area (Å²) >= 11 is 1.53. The third-order valence-electron chi connectivity index (χ3n) is 2.72. The monoisotopic (exact) mass is 289 g/mol. The van der Waals surface area contributed by atoms with Crippen LogP contribution in [0, 0.1) is 6.92 Å². The lowest BCUT2D eigenvalue weighted by Crippen LogP contribution is -2.07. The predicted molar refractivity (Wildman–Crippen MR) is 73.3 cm³/mol. The zero-order valence-electron chi connectivity index (χ0n) is 10.6. The van der Waals surface area contributed by atoms with Gasteiger partial charge in [0.15, 0.2) is 16.4 Å². The third kappa shape index (κ3) is 2.35. The van der Waals surface area contributed by atoms with E-state index in [1.807, 2.05) is 22.2 Å². The van der Waals surface area contributed by atoms with E-state index < -0.39 is 5.97 Å². The maximum absolute atomic E-state index is 11.1. The zero-order valence-corrected chi connectivity index (χ0v) is 11.4. The first-order chi connectivity index (χ1) is 9.63. The molecule has 0 aliphatic rings. The van der Waals surface area contributed by atoms with Crippen LogP contribution in [0.3, 0.4) is 0 Å². The van der Waals surface area contributed by atoms with Crippen molar-refractivity contribution in [2.24, 2.45) is 0 Å². The summed E-state index contributed by atoms with van der Waals surface area (Å²) in [6.07, 6.45) is 3.76. The number of aryl methyl sites for hydroxylation is 1. The second kappa shape index (κ2) is 4.93. The Balaban J connectivity index is 1.81. The van der Waals surface area contributed by atoms with Crippen molar-refractivity contribution in [3.8, 4) is 5.75 Å². The van der Waals surface area contributed by atoms with E-state index in [0.717, 1.165) is 10.7 Å². The number of hydrogen-bond donors (Lipinski definition) is 1. The van der Waals surface area contributed by atoms with Gasteiger partial charge >= 0.3 is 5.97 Å². The van der Waals surface area contributed by atoms with Gasteiger partial charge in [0.2, 0.25) is 0 Å². The number of pyridine rings is 1. The van der Waals surface area contributed by atoms with E-state index in [9.17, 15) is 4.79 Å². The Hall–Kier alpha value is -2.41. The quantitative estimate of drug-likeness (QED) is 0.798. The van der Waals surface area contributed by atoms with Gasteiger partial charge in [0, 0.05) is 23.5 Å². The van der Waals surface area contributed by atoms with E-state index in [4.69, 9.17) is 9.84 Å². The van der Waals surface area contributed by atoms with Crippen LogP contribution in [0.15, 0.2) is 29.9 Å². The van der Waals surface area contributed by atoms with E-state index in [1.54, 1.807) is 19.1 Å². The number of thiazole rings is 1. The molecule has 3 aromatic rings. The number of aromatic nitrogens is 3. The molecular formula is C13H11N3O3S. The molecule has 0 spiro atoms. The number of carbonyl (C=O) groups is 1. The lowest BCUT2D eigenvalue weighted by atomic mass is 10.3. The number of hydrogen-bond acceptors (Lipinski definition) is 5. The molecule has 0 bridgehead atoms. The van der Waals surface area contributed by atoms with E-state index >= 15 is 0 Å². The zero-order chi connectivity index (χ0) is 14.1. The summed E-state index contributed by atoms with van der Waals surface area (Å²) in [6.45, 7) is 1.94. The molecule has 1 N–H and O–H groups in total. The maximum atomic E-state index is 11.1. The molecule has 0 amide bonds. The minimum atomic E-state index is -1.10. The normalized spacial score (nSPS) is 10.8. The van der Waals surface area contributed by atoms with Crippen molar-refractivity contribution in [2.45, 2.75) is 13.5 Å². The number of aromatic carboxylic acids is 1. The van der Waals surface area contributed by atoms with Gasteiger partial charge in [-0.3, -0.25) is 4.40 Å². The van der Waals surface area contributed by atoms with Crippen LogP contribution in [0.5, 0.6) is 5.75 Å². The van der Waals surface area contributed by atoms with Crippen molar-refractivity contribution in [1.82, 2.24) is 14.4 Å². The highest BCUT2D eigenvalue weighted by atomic mass is 32.1. The Morgan fingerprint density at radius 1 is 1.45 bits per heavy atom. The second-order valence-electron chi connectivity index (χ2n) is 4.22. The molecule has 3 rings (SSSR count). The van der Waals surface area contributed by atoms with Gasteiger partial charge in [-0.05, 0) is 19.1 Å². The van der Waals surface area contributed by atoms with E-state index in [2.05, 4.69) is 9.97 Å². The molecule has 0 aromatic carbocycles. The SMILES string of the molecule is Cc1ccc(OCc2cn3ccsc3n2)c(C(=O)O)n1. The highest BCUT2D eigenvalue weighted by Crippen LogP contribution is 2.19. The Morgan fingerprint density at radius 3 is 3.05 bits per heavy atom. The summed E-state index contributed by atoms with van der Waals surface area (Å²) in [4.78, 5) is 20.3. The number of ether oxygens (including phenoxy) is 1. The summed E-state index contributed by atoms with van der Waals surface area (Å²) in [6, 6.07) is 3.33. The van der Waals surface area contributed by atoms with Gasteiger partial charge in [0.25, 0.3) is 0 Å². The van der Waals surface area contributed by atoms with Gasteiger partial charge in [-0.2, -0.15) is 0 Å². The van der Waals surface area contributed by atoms with Crippen molar-refractivity contribution in [2.75, 3.05) is 0 Å². The van der Waals surface area contributed by atoms with Crippen LogP contribution in [0.4, 0.5) is 0 Å². The number of nitrogens with zero attached hydrogens (tertiary/aromatic N) is 3. The molecule has 0 fully saturated rings. The molecule has 0 radical (unpaired) electrons. The summed E-state index contributed by atoms with van der Waals surface area (Å²) in [5.74, 6) is -0.853. The number of rotatable bonds is 4. The average molecular weight is 289 g/mol. The topological polar surface area (TPSA) is 76.7 Å². The van der Waals surface area contributed by atoms with Crippen LogP contribution in [0.25, 0.3) is 4.96 Å². The van der Waals surface area contributed by atoms with Crippen LogP contribution < -0.4 is 4.74 Å². The fraction of sp³-hybridized carbons (Fsp3) is 0.154. The molecule has 3 heterocycles. The molecule has 0 aliphatic carbocycles. The summed E-state index contributed by atoms with van der Waals surface area (Å²) in [7, 11) is 0. The average Bonchev–Trinajstić information content (AvgIpc) is 2.97. The van der Waals surface area contributed by atoms with Gasteiger partial charge in [-0.15, -0.1) is 11.3 Å². The molecule has 0 atom stereocenters. The predicted octanol–water partition coefficient (Wildman–Crippen LogP) is 2.38. The van der Waals surface area contributed by atoms with Crippen LogP contribution in [0.1, 0.15) is 21.9 Å². The van der Waals surface area contributed by atoms with Crippen molar-refractivity contribution < 1.29 is 14.6 Å². The minimum Gasteiger partial charge on any atom is -0.485 e. The summed E-state index contributed by atoms with van der Waals surface area (Å²) < 4.78 is 7.42. The van der Waals surface area contributed by atoms with E-state index in [1.165, 1.54) is 11.3 Å². The molecule has 102 valence electrons. The van der Waals surface area contributed by atoms with Crippen molar-refractivity contribution >= 4 is 22.3 Å². The molecule has 0 saturated heterocycles. The molecule has 3 aromatic heterocycles. The van der Waals surface area contributed by atoms with Gasteiger partial charge in [0.05, 0.1) is 5.69 Å².